The van der Waals surface area contributed by atoms with Gasteiger partial charge in [-0.3, -0.25) is 4.90 Å². The molecule has 0 bridgehead atoms. The molecule has 0 spiro atoms. The topological polar surface area (TPSA) is 49.7 Å². The highest BCUT2D eigenvalue weighted by Gasteiger charge is 2.28. The van der Waals surface area contributed by atoms with Crippen molar-refractivity contribution in [3.63, 3.8) is 0 Å². The maximum Gasteiger partial charge on any atom is 0.123 e. The summed E-state index contributed by atoms with van der Waals surface area (Å²) in [5.41, 5.74) is 2.39. The molecular formula is C13H19N5. The minimum absolute atomic E-state index is 0.425. The number of imidazole rings is 2. The van der Waals surface area contributed by atoms with Crippen molar-refractivity contribution >= 4 is 0 Å². The second-order valence-electron chi connectivity index (χ2n) is 5.08. The van der Waals surface area contributed by atoms with Crippen LogP contribution >= 0.6 is 0 Å². The Labute approximate surface area is 107 Å². The average Bonchev–Trinajstić information content (AvgIpc) is 3.03. The molecule has 3 heterocycles. The van der Waals surface area contributed by atoms with Gasteiger partial charge in [0, 0.05) is 31.7 Å². The molecule has 96 valence electrons. The molecule has 5 nitrogen and oxygen atoms in total. The van der Waals surface area contributed by atoms with Gasteiger partial charge in [-0.25, -0.2) is 9.97 Å². The largest absolute Gasteiger partial charge is 0.345 e. The molecule has 0 aromatic carbocycles. The summed E-state index contributed by atoms with van der Waals surface area (Å²) in [4.78, 5) is 14.5. The first-order valence-corrected chi connectivity index (χ1v) is 6.45. The predicted octanol–water partition coefficient (Wildman–Crippen LogP) is 1.79. The minimum atomic E-state index is 0.425. The number of nitrogens with one attached hydrogen (secondary N) is 1. The van der Waals surface area contributed by atoms with Crippen molar-refractivity contribution in [1.82, 2.24) is 24.4 Å². The average molecular weight is 245 g/mol. The molecule has 1 unspecified atom stereocenters. The third kappa shape index (κ3) is 2.06. The van der Waals surface area contributed by atoms with E-state index in [2.05, 4.69) is 31.3 Å². The molecule has 1 N–H and O–H groups in total. The van der Waals surface area contributed by atoms with Crippen molar-refractivity contribution in [3.8, 4) is 0 Å². The van der Waals surface area contributed by atoms with Gasteiger partial charge in [0.25, 0.3) is 0 Å². The molecule has 1 fully saturated rings. The van der Waals surface area contributed by atoms with E-state index in [9.17, 15) is 0 Å². The molecule has 0 saturated carbocycles. The maximum absolute atomic E-state index is 4.48. The molecular weight excluding hydrogens is 226 g/mol. The van der Waals surface area contributed by atoms with Crippen molar-refractivity contribution < 1.29 is 0 Å². The van der Waals surface area contributed by atoms with Crippen LogP contribution in [0.3, 0.4) is 0 Å². The van der Waals surface area contributed by atoms with Crippen LogP contribution in [0.2, 0.25) is 0 Å². The van der Waals surface area contributed by atoms with Crippen LogP contribution in [-0.2, 0) is 13.6 Å². The Balaban J connectivity index is 1.77. The van der Waals surface area contributed by atoms with Crippen molar-refractivity contribution in [3.05, 3.63) is 35.9 Å². The van der Waals surface area contributed by atoms with Crippen LogP contribution in [0.4, 0.5) is 0 Å². The van der Waals surface area contributed by atoms with E-state index in [1.165, 1.54) is 18.5 Å². The number of aromatic nitrogens is 4. The van der Waals surface area contributed by atoms with E-state index in [4.69, 9.17) is 0 Å². The minimum Gasteiger partial charge on any atom is -0.345 e. The zero-order chi connectivity index (χ0) is 12.5. The lowest BCUT2D eigenvalue weighted by Gasteiger charge is -2.22. The third-order valence-corrected chi connectivity index (χ3v) is 3.68. The van der Waals surface area contributed by atoms with Crippen molar-refractivity contribution in [2.45, 2.75) is 32.4 Å². The Hall–Kier alpha value is -1.62. The summed E-state index contributed by atoms with van der Waals surface area (Å²) < 4.78 is 2.09. The van der Waals surface area contributed by atoms with Crippen LogP contribution in [0.1, 0.15) is 36.1 Å². The Morgan fingerprint density at radius 2 is 2.33 bits per heavy atom. The van der Waals surface area contributed by atoms with Crippen molar-refractivity contribution in [2.75, 3.05) is 6.54 Å². The van der Waals surface area contributed by atoms with Gasteiger partial charge in [-0.15, -0.1) is 0 Å². The summed E-state index contributed by atoms with van der Waals surface area (Å²) in [6, 6.07) is 0.425. The molecule has 5 heteroatoms. The van der Waals surface area contributed by atoms with Gasteiger partial charge < -0.3 is 9.55 Å². The Morgan fingerprint density at radius 1 is 1.44 bits per heavy atom. The van der Waals surface area contributed by atoms with Crippen LogP contribution in [0.15, 0.2) is 18.7 Å². The lowest BCUT2D eigenvalue weighted by Crippen LogP contribution is -2.24. The summed E-state index contributed by atoms with van der Waals surface area (Å²) in [6.07, 6.45) is 8.14. The molecule has 1 atom stereocenters. The fourth-order valence-electron chi connectivity index (χ4n) is 2.67. The number of aryl methyl sites for hydroxylation is 2. The fourth-order valence-corrected chi connectivity index (χ4v) is 2.67. The monoisotopic (exact) mass is 245 g/mol. The summed E-state index contributed by atoms with van der Waals surface area (Å²) in [5.74, 6) is 1.10. The van der Waals surface area contributed by atoms with Crippen LogP contribution < -0.4 is 0 Å². The summed E-state index contributed by atoms with van der Waals surface area (Å²) in [5, 5.41) is 0. The van der Waals surface area contributed by atoms with E-state index in [-0.39, 0.29) is 0 Å². The first kappa shape index (κ1) is 11.5. The quantitative estimate of drug-likeness (QED) is 0.897. The summed E-state index contributed by atoms with van der Waals surface area (Å²) in [6.45, 7) is 4.13. The number of likely N-dealkylation sites (tertiary alicyclic amines) is 1. The lowest BCUT2D eigenvalue weighted by molar-refractivity contribution is 0.235. The van der Waals surface area contributed by atoms with E-state index < -0.39 is 0 Å². The van der Waals surface area contributed by atoms with Crippen LogP contribution in [0, 0.1) is 6.92 Å². The van der Waals surface area contributed by atoms with Gasteiger partial charge in [0.2, 0.25) is 0 Å². The van der Waals surface area contributed by atoms with Gasteiger partial charge >= 0.3 is 0 Å². The molecule has 0 amide bonds. The highest BCUT2D eigenvalue weighted by Crippen LogP contribution is 2.31. The number of H-pyrrole nitrogens is 1. The van der Waals surface area contributed by atoms with Crippen molar-refractivity contribution in [2.24, 2.45) is 7.05 Å². The van der Waals surface area contributed by atoms with E-state index in [0.717, 1.165) is 24.6 Å². The Bertz CT molecular complexity index is 527. The number of rotatable bonds is 3. The molecule has 0 radical (unpaired) electrons. The molecule has 2 aromatic rings. The molecule has 1 aliphatic heterocycles. The van der Waals surface area contributed by atoms with E-state index >= 15 is 0 Å². The maximum atomic E-state index is 4.48. The standard InChI is InChI=1S/C13H19N5/c1-10-6-15-13(16-10)12-4-3-5-18(12)8-11-7-14-9-17(11)2/h6-7,9,12H,3-5,8H2,1-2H3,(H,15,16). The second kappa shape index (κ2) is 4.57. The van der Waals surface area contributed by atoms with Gasteiger partial charge in [-0.2, -0.15) is 0 Å². The van der Waals surface area contributed by atoms with Crippen LogP contribution in [0.5, 0.6) is 0 Å². The molecule has 1 saturated heterocycles. The molecule has 1 aliphatic rings. The number of hydrogen-bond acceptors (Lipinski definition) is 3. The zero-order valence-electron chi connectivity index (χ0n) is 10.9. The molecule has 0 aliphatic carbocycles. The van der Waals surface area contributed by atoms with Gasteiger partial charge in [-0.05, 0) is 26.3 Å². The Morgan fingerprint density at radius 3 is 3.00 bits per heavy atom. The third-order valence-electron chi connectivity index (χ3n) is 3.68. The lowest BCUT2D eigenvalue weighted by atomic mass is 10.2. The fraction of sp³-hybridized carbons (Fsp3) is 0.538. The van der Waals surface area contributed by atoms with Gasteiger partial charge in [0.05, 0.1) is 18.1 Å². The van der Waals surface area contributed by atoms with Gasteiger partial charge in [0.15, 0.2) is 0 Å². The van der Waals surface area contributed by atoms with Crippen molar-refractivity contribution in [1.29, 1.82) is 0 Å². The normalized spacial score (nSPS) is 20.7. The number of aromatic amines is 1. The predicted molar refractivity (Wildman–Crippen MR) is 68.9 cm³/mol. The second-order valence-corrected chi connectivity index (χ2v) is 5.08. The Kier molecular flexibility index (Phi) is 2.91. The zero-order valence-corrected chi connectivity index (χ0v) is 10.9. The summed E-state index contributed by atoms with van der Waals surface area (Å²) >= 11 is 0. The summed E-state index contributed by atoms with van der Waals surface area (Å²) in [7, 11) is 2.05. The molecule has 18 heavy (non-hydrogen) atoms. The first-order chi connectivity index (χ1) is 8.74. The van der Waals surface area contributed by atoms with Gasteiger partial charge in [-0.1, -0.05) is 0 Å². The molecule has 3 rings (SSSR count). The number of nitrogens with zero attached hydrogens (tertiary/aromatic N) is 4. The molecule has 2 aromatic heterocycles. The van der Waals surface area contributed by atoms with E-state index in [0.29, 0.717) is 6.04 Å². The number of hydrogen-bond donors (Lipinski definition) is 1. The van der Waals surface area contributed by atoms with Crippen LogP contribution in [0.25, 0.3) is 0 Å². The van der Waals surface area contributed by atoms with E-state index in [1.807, 2.05) is 25.8 Å². The first-order valence-electron chi connectivity index (χ1n) is 6.45. The van der Waals surface area contributed by atoms with Crippen LogP contribution in [-0.4, -0.2) is 31.0 Å². The highest BCUT2D eigenvalue weighted by molar-refractivity contribution is 5.07. The SMILES string of the molecule is Cc1cnc(C2CCCN2Cc2cncn2C)[nH]1. The highest BCUT2D eigenvalue weighted by atomic mass is 15.2. The van der Waals surface area contributed by atoms with Gasteiger partial charge in [0.1, 0.15) is 5.82 Å². The smallest absolute Gasteiger partial charge is 0.123 e. The van der Waals surface area contributed by atoms with E-state index in [1.54, 1.807) is 0 Å².